The molecule has 1 heterocycles. The van der Waals surface area contributed by atoms with Crippen molar-refractivity contribution in [2.24, 2.45) is 17.8 Å². The molecule has 2 aliphatic rings. The van der Waals surface area contributed by atoms with Crippen LogP contribution in [0.1, 0.15) is 51.4 Å². The van der Waals surface area contributed by atoms with Gasteiger partial charge < -0.3 is 24.0 Å². The lowest BCUT2D eigenvalue weighted by Gasteiger charge is -2.40. The molecule has 0 spiro atoms. The van der Waals surface area contributed by atoms with Crippen molar-refractivity contribution >= 4 is 18.4 Å². The van der Waals surface area contributed by atoms with E-state index >= 15 is 0 Å². The molecular weight excluding hydrogens is 437 g/mol. The molecule has 1 fully saturated rings. The van der Waals surface area contributed by atoms with Crippen molar-refractivity contribution in [3.05, 3.63) is 48.0 Å². The third-order valence-electron chi connectivity index (χ3n) is 7.00. The molecule has 1 saturated carbocycles. The zero-order valence-electron chi connectivity index (χ0n) is 20.2. The second kappa shape index (κ2) is 9.69. The Bertz CT molecular complexity index is 1010. The molecule has 0 bridgehead atoms. The first kappa shape index (κ1) is 24.1. The Balaban J connectivity index is 1.73. The van der Waals surface area contributed by atoms with Gasteiger partial charge in [0.25, 0.3) is 7.37 Å². The first-order valence-electron chi connectivity index (χ1n) is 11.8. The summed E-state index contributed by atoms with van der Waals surface area (Å²) >= 11 is 0. The summed E-state index contributed by atoms with van der Waals surface area (Å²) in [5.74, 6) is 1.08. The molecule has 4 rings (SSSR count). The van der Waals surface area contributed by atoms with Crippen LogP contribution in [0.3, 0.4) is 0 Å². The third-order valence-corrected chi connectivity index (χ3v) is 9.54. The first-order chi connectivity index (χ1) is 15.7. The number of anilines is 1. The van der Waals surface area contributed by atoms with E-state index in [0.717, 1.165) is 24.9 Å². The second-order valence-electron chi connectivity index (χ2n) is 9.96. The number of ether oxygens (including phenoxy) is 2. The highest BCUT2D eigenvalue weighted by Gasteiger charge is 2.43. The van der Waals surface area contributed by atoms with Gasteiger partial charge >= 0.3 is 0 Å². The third kappa shape index (κ3) is 4.94. The van der Waals surface area contributed by atoms with Crippen molar-refractivity contribution in [3.8, 4) is 11.5 Å². The molecule has 7 heteroatoms. The molecule has 0 saturated heterocycles. The van der Waals surface area contributed by atoms with Crippen LogP contribution in [-0.4, -0.2) is 32.1 Å². The van der Waals surface area contributed by atoms with Gasteiger partial charge in [-0.2, -0.15) is 0 Å². The number of aliphatic hydroxyl groups is 1. The van der Waals surface area contributed by atoms with E-state index in [2.05, 4.69) is 20.8 Å². The number of fused-ring (bicyclic) bond motifs is 1. The zero-order valence-corrected chi connectivity index (χ0v) is 21.1. The molecule has 5 unspecified atom stereocenters. The zero-order chi connectivity index (χ0) is 23.8. The molecule has 33 heavy (non-hydrogen) atoms. The van der Waals surface area contributed by atoms with Crippen LogP contribution in [0.15, 0.2) is 42.5 Å². The topological polar surface area (TPSA) is 68.2 Å². The number of hydrogen-bond donors (Lipinski definition) is 1. The van der Waals surface area contributed by atoms with Crippen molar-refractivity contribution in [1.29, 1.82) is 0 Å². The predicted molar refractivity (Wildman–Crippen MR) is 132 cm³/mol. The fraction of sp³-hybridized carbons (Fsp3) is 0.538. The van der Waals surface area contributed by atoms with E-state index in [1.807, 2.05) is 43.3 Å². The SMILES string of the molecule is CC1CCC(C(C)C)C(OP(=O)(c2ccc(N(C)C)cc2)C(O)c2ccc3c(c2)OCO3)C1. The van der Waals surface area contributed by atoms with E-state index < -0.39 is 13.2 Å². The van der Waals surface area contributed by atoms with Gasteiger partial charge in [-0.15, -0.1) is 0 Å². The summed E-state index contributed by atoms with van der Waals surface area (Å²) in [6, 6.07) is 12.7. The number of nitrogens with zero attached hydrogens (tertiary/aromatic N) is 1. The van der Waals surface area contributed by atoms with Crippen molar-refractivity contribution in [2.45, 2.75) is 52.0 Å². The number of rotatable bonds is 7. The average Bonchev–Trinajstić information content (AvgIpc) is 3.26. The van der Waals surface area contributed by atoms with Crippen LogP contribution in [0.25, 0.3) is 0 Å². The molecule has 0 aromatic heterocycles. The minimum Gasteiger partial charge on any atom is -0.454 e. The highest BCUT2D eigenvalue weighted by Crippen LogP contribution is 2.61. The van der Waals surface area contributed by atoms with E-state index in [9.17, 15) is 9.67 Å². The standard InChI is InChI=1S/C26H36NO5P/c1-17(2)22-12-6-18(3)14-24(22)32-33(29,21-10-8-20(9-11-21)27(4)5)26(28)19-7-13-23-25(15-19)31-16-30-23/h7-11,13,15,17-18,22,24,26,28H,6,12,14,16H2,1-5H3. The molecule has 6 nitrogen and oxygen atoms in total. The fourth-order valence-electron chi connectivity index (χ4n) is 4.93. The highest BCUT2D eigenvalue weighted by molar-refractivity contribution is 7.67. The quantitative estimate of drug-likeness (QED) is 0.532. The largest absolute Gasteiger partial charge is 0.454 e. The van der Waals surface area contributed by atoms with Gasteiger partial charge in [0.1, 0.15) is 0 Å². The van der Waals surface area contributed by atoms with Gasteiger partial charge in [-0.25, -0.2) is 0 Å². The lowest BCUT2D eigenvalue weighted by Crippen LogP contribution is -2.35. The molecule has 1 N–H and O–H groups in total. The van der Waals surface area contributed by atoms with Crippen LogP contribution in [-0.2, 0) is 9.09 Å². The van der Waals surface area contributed by atoms with E-state index in [4.69, 9.17) is 14.0 Å². The summed E-state index contributed by atoms with van der Waals surface area (Å²) in [5, 5.41) is 12.1. The van der Waals surface area contributed by atoms with Gasteiger partial charge in [-0.05, 0) is 72.6 Å². The number of benzene rings is 2. The minimum absolute atomic E-state index is 0.144. The molecule has 180 valence electrons. The lowest BCUT2D eigenvalue weighted by atomic mass is 9.75. The molecule has 2 aromatic carbocycles. The lowest BCUT2D eigenvalue weighted by molar-refractivity contribution is 0.0427. The van der Waals surface area contributed by atoms with Gasteiger partial charge in [0.05, 0.1) is 6.10 Å². The van der Waals surface area contributed by atoms with Gasteiger partial charge in [0.15, 0.2) is 17.3 Å². The Labute approximate surface area is 197 Å². The van der Waals surface area contributed by atoms with Gasteiger partial charge in [-0.1, -0.05) is 33.3 Å². The van der Waals surface area contributed by atoms with Gasteiger partial charge in [-0.3, -0.25) is 4.57 Å². The van der Waals surface area contributed by atoms with Gasteiger partial charge in [0, 0.05) is 25.1 Å². The summed E-state index contributed by atoms with van der Waals surface area (Å²) in [4.78, 5) is 1.99. The Kier molecular flexibility index (Phi) is 7.09. The Hall–Kier alpha value is -2.01. The van der Waals surface area contributed by atoms with E-state index in [-0.39, 0.29) is 12.9 Å². The smallest absolute Gasteiger partial charge is 0.264 e. The summed E-state index contributed by atoms with van der Waals surface area (Å²) < 4.78 is 32.1. The van der Waals surface area contributed by atoms with Gasteiger partial charge in [0.2, 0.25) is 6.79 Å². The Morgan fingerprint density at radius 3 is 2.42 bits per heavy atom. The fourth-order valence-corrected chi connectivity index (χ4v) is 7.21. The predicted octanol–water partition coefficient (Wildman–Crippen LogP) is 5.55. The normalized spacial score (nSPS) is 25.0. The summed E-state index contributed by atoms with van der Waals surface area (Å²) in [5.41, 5.74) is 1.50. The van der Waals surface area contributed by atoms with E-state index in [1.165, 1.54) is 0 Å². The maximum atomic E-state index is 14.7. The Morgan fingerprint density at radius 1 is 1.06 bits per heavy atom. The Morgan fingerprint density at radius 2 is 1.76 bits per heavy atom. The molecule has 0 radical (unpaired) electrons. The summed E-state index contributed by atoms with van der Waals surface area (Å²) in [6.45, 7) is 6.76. The van der Waals surface area contributed by atoms with Crippen LogP contribution in [0.4, 0.5) is 5.69 Å². The second-order valence-corrected chi connectivity index (χ2v) is 12.4. The van der Waals surface area contributed by atoms with Crippen molar-refractivity contribution < 1.29 is 23.7 Å². The number of hydrogen-bond acceptors (Lipinski definition) is 6. The molecule has 1 aliphatic carbocycles. The van der Waals surface area contributed by atoms with Crippen LogP contribution in [0, 0.1) is 17.8 Å². The summed E-state index contributed by atoms with van der Waals surface area (Å²) in [7, 11) is 0.232. The van der Waals surface area contributed by atoms with Crippen LogP contribution in [0.2, 0.25) is 0 Å². The minimum atomic E-state index is -3.69. The maximum Gasteiger partial charge on any atom is 0.264 e. The van der Waals surface area contributed by atoms with Crippen LogP contribution >= 0.6 is 7.37 Å². The van der Waals surface area contributed by atoms with Crippen molar-refractivity contribution in [1.82, 2.24) is 0 Å². The van der Waals surface area contributed by atoms with Crippen LogP contribution < -0.4 is 19.7 Å². The first-order valence-corrected chi connectivity index (χ1v) is 13.5. The van der Waals surface area contributed by atoms with E-state index in [1.54, 1.807) is 18.2 Å². The number of aliphatic hydroxyl groups excluding tert-OH is 1. The molecule has 1 aliphatic heterocycles. The van der Waals surface area contributed by atoms with E-state index in [0.29, 0.717) is 40.1 Å². The van der Waals surface area contributed by atoms with Crippen molar-refractivity contribution in [3.63, 3.8) is 0 Å². The van der Waals surface area contributed by atoms with Crippen LogP contribution in [0.5, 0.6) is 11.5 Å². The molecular formula is C26H36NO5P. The molecule has 0 amide bonds. The maximum absolute atomic E-state index is 14.7. The summed E-state index contributed by atoms with van der Waals surface area (Å²) in [6.07, 6.45) is 2.87. The highest BCUT2D eigenvalue weighted by atomic mass is 31.2. The molecule has 2 aromatic rings. The monoisotopic (exact) mass is 473 g/mol. The average molecular weight is 474 g/mol. The van der Waals surface area contributed by atoms with Crippen molar-refractivity contribution in [2.75, 3.05) is 25.8 Å². The molecule has 5 atom stereocenters.